The molecule has 0 radical (unpaired) electrons. The van der Waals surface area contributed by atoms with Crippen LogP contribution in [-0.4, -0.2) is 42.4 Å². The monoisotopic (exact) mass is 325 g/mol. The number of hydrogen-bond acceptors (Lipinski definition) is 3. The molecule has 7 heteroatoms. The fourth-order valence-corrected chi connectivity index (χ4v) is 2.82. The van der Waals surface area contributed by atoms with Gasteiger partial charge in [0.15, 0.2) is 0 Å². The third-order valence-electron chi connectivity index (χ3n) is 3.93. The molecule has 2 amide bonds. The molecule has 2 N–H and O–H groups in total. The first-order valence-electron chi connectivity index (χ1n) is 7.61. The van der Waals surface area contributed by atoms with Crippen LogP contribution in [0.25, 0.3) is 0 Å². The Labute approximate surface area is 134 Å². The third kappa shape index (κ3) is 4.25. The summed E-state index contributed by atoms with van der Waals surface area (Å²) in [6.45, 7) is 5.04. The van der Waals surface area contributed by atoms with Crippen molar-refractivity contribution in [2.45, 2.75) is 32.4 Å². The Morgan fingerprint density at radius 3 is 2.61 bits per heavy atom. The molecule has 1 aromatic carbocycles. The standard InChI is InChI=1S/C16H21F2N3O2/c1-10-9-19-6-7-21(10)15(23)8-14(20-11(2)22)16-12(17)4-3-5-13(16)18/h3-5,10,14,19H,6-9H2,1-2H3,(H,20,22)/t10-,14?/m0/s1. The zero-order chi connectivity index (χ0) is 17.0. The number of nitrogens with one attached hydrogen (secondary N) is 2. The van der Waals surface area contributed by atoms with Crippen LogP contribution in [0.3, 0.4) is 0 Å². The Kier molecular flexibility index (Phi) is 5.65. The summed E-state index contributed by atoms with van der Waals surface area (Å²) >= 11 is 0. The van der Waals surface area contributed by atoms with Crippen LogP contribution in [0.4, 0.5) is 8.78 Å². The minimum Gasteiger partial charge on any atom is -0.349 e. The van der Waals surface area contributed by atoms with Gasteiger partial charge >= 0.3 is 0 Å². The number of carbonyl (C=O) groups is 2. The molecule has 126 valence electrons. The van der Waals surface area contributed by atoms with Gasteiger partial charge < -0.3 is 15.5 Å². The molecule has 1 fully saturated rings. The fraction of sp³-hybridized carbons (Fsp3) is 0.500. The van der Waals surface area contributed by atoms with E-state index in [4.69, 9.17) is 0 Å². The topological polar surface area (TPSA) is 61.4 Å². The maximum Gasteiger partial charge on any atom is 0.225 e. The van der Waals surface area contributed by atoms with Gasteiger partial charge in [0.25, 0.3) is 0 Å². The van der Waals surface area contributed by atoms with E-state index >= 15 is 0 Å². The molecule has 1 saturated heterocycles. The molecule has 1 unspecified atom stereocenters. The first-order chi connectivity index (χ1) is 10.9. The van der Waals surface area contributed by atoms with Crippen LogP contribution < -0.4 is 10.6 Å². The molecule has 1 aromatic rings. The van der Waals surface area contributed by atoms with Crippen molar-refractivity contribution in [3.05, 3.63) is 35.4 Å². The van der Waals surface area contributed by atoms with Gasteiger partial charge in [0.05, 0.1) is 12.5 Å². The van der Waals surface area contributed by atoms with Crippen LogP contribution in [0, 0.1) is 11.6 Å². The quantitative estimate of drug-likeness (QED) is 0.878. The summed E-state index contributed by atoms with van der Waals surface area (Å²) in [6, 6.07) is 2.46. The lowest BCUT2D eigenvalue weighted by atomic mass is 10.0. The Bertz CT molecular complexity index is 574. The summed E-state index contributed by atoms with van der Waals surface area (Å²) in [5, 5.41) is 5.65. The normalized spacial score (nSPS) is 19.3. The molecule has 1 aliphatic rings. The van der Waals surface area contributed by atoms with Crippen LogP contribution >= 0.6 is 0 Å². The predicted molar refractivity (Wildman–Crippen MR) is 81.6 cm³/mol. The van der Waals surface area contributed by atoms with Crippen LogP contribution in [0.15, 0.2) is 18.2 Å². The lowest BCUT2D eigenvalue weighted by molar-refractivity contribution is -0.134. The molecule has 5 nitrogen and oxygen atoms in total. The van der Waals surface area contributed by atoms with Crippen LogP contribution in [0.5, 0.6) is 0 Å². The number of nitrogens with zero attached hydrogens (tertiary/aromatic N) is 1. The van der Waals surface area contributed by atoms with Gasteiger partial charge in [-0.1, -0.05) is 6.07 Å². The van der Waals surface area contributed by atoms with Gasteiger partial charge in [-0.2, -0.15) is 0 Å². The predicted octanol–water partition coefficient (Wildman–Crippen LogP) is 1.35. The van der Waals surface area contributed by atoms with Gasteiger partial charge in [-0.3, -0.25) is 9.59 Å². The molecule has 0 bridgehead atoms. The largest absolute Gasteiger partial charge is 0.349 e. The summed E-state index contributed by atoms with van der Waals surface area (Å²) in [7, 11) is 0. The van der Waals surface area contributed by atoms with Crippen molar-refractivity contribution in [3.63, 3.8) is 0 Å². The molecule has 0 aromatic heterocycles. The molecular weight excluding hydrogens is 304 g/mol. The molecule has 1 aliphatic heterocycles. The minimum atomic E-state index is -1.02. The second kappa shape index (κ2) is 7.50. The van der Waals surface area contributed by atoms with Crippen molar-refractivity contribution in [2.75, 3.05) is 19.6 Å². The summed E-state index contributed by atoms with van der Waals surface area (Å²) < 4.78 is 28.0. The summed E-state index contributed by atoms with van der Waals surface area (Å²) in [5.74, 6) is -2.23. The number of carbonyl (C=O) groups excluding carboxylic acids is 2. The molecule has 1 heterocycles. The SMILES string of the molecule is CC(=O)NC(CC(=O)N1CCNC[C@@H]1C)c1c(F)cccc1F. The van der Waals surface area contributed by atoms with E-state index in [-0.39, 0.29) is 23.9 Å². The highest BCUT2D eigenvalue weighted by Gasteiger charge is 2.29. The minimum absolute atomic E-state index is 0.000282. The van der Waals surface area contributed by atoms with E-state index in [1.54, 1.807) is 4.90 Å². The van der Waals surface area contributed by atoms with Gasteiger partial charge in [0, 0.05) is 38.2 Å². The van der Waals surface area contributed by atoms with Crippen LogP contribution in [0.2, 0.25) is 0 Å². The Hall–Kier alpha value is -2.02. The highest BCUT2D eigenvalue weighted by atomic mass is 19.1. The number of hydrogen-bond donors (Lipinski definition) is 2. The van der Waals surface area contributed by atoms with Crippen molar-refractivity contribution in [1.29, 1.82) is 0 Å². The maximum atomic E-state index is 14.0. The molecule has 2 rings (SSSR count). The third-order valence-corrected chi connectivity index (χ3v) is 3.93. The van der Waals surface area contributed by atoms with Crippen LogP contribution in [-0.2, 0) is 9.59 Å². The zero-order valence-electron chi connectivity index (χ0n) is 13.2. The van der Waals surface area contributed by atoms with Crippen molar-refractivity contribution < 1.29 is 18.4 Å². The maximum absolute atomic E-state index is 14.0. The number of rotatable bonds is 4. The first-order valence-corrected chi connectivity index (χ1v) is 7.61. The van der Waals surface area contributed by atoms with Gasteiger partial charge in [-0.15, -0.1) is 0 Å². The van der Waals surface area contributed by atoms with E-state index < -0.39 is 23.6 Å². The van der Waals surface area contributed by atoms with E-state index in [1.165, 1.54) is 13.0 Å². The Morgan fingerprint density at radius 2 is 2.04 bits per heavy atom. The van der Waals surface area contributed by atoms with Crippen molar-refractivity contribution >= 4 is 11.8 Å². The van der Waals surface area contributed by atoms with Gasteiger partial charge in [0.2, 0.25) is 11.8 Å². The van der Waals surface area contributed by atoms with E-state index in [1.807, 2.05) is 6.92 Å². The summed E-state index contributed by atoms with van der Waals surface area (Å²) in [5.41, 5.74) is -0.279. The molecule has 2 atom stereocenters. The van der Waals surface area contributed by atoms with E-state index in [2.05, 4.69) is 10.6 Å². The fourth-order valence-electron chi connectivity index (χ4n) is 2.82. The molecule has 23 heavy (non-hydrogen) atoms. The number of amides is 2. The second-order valence-electron chi connectivity index (χ2n) is 5.73. The van der Waals surface area contributed by atoms with Gasteiger partial charge in [0.1, 0.15) is 11.6 Å². The summed E-state index contributed by atoms with van der Waals surface area (Å²) in [6.07, 6.45) is -0.179. The number of halogens is 2. The zero-order valence-corrected chi connectivity index (χ0v) is 13.2. The summed E-state index contributed by atoms with van der Waals surface area (Å²) in [4.78, 5) is 25.6. The lowest BCUT2D eigenvalue weighted by Gasteiger charge is -2.35. The lowest BCUT2D eigenvalue weighted by Crippen LogP contribution is -2.52. The highest BCUT2D eigenvalue weighted by Crippen LogP contribution is 2.24. The second-order valence-corrected chi connectivity index (χ2v) is 5.73. The average Bonchev–Trinajstić information content (AvgIpc) is 2.46. The van der Waals surface area contributed by atoms with Crippen molar-refractivity contribution in [3.8, 4) is 0 Å². The molecular formula is C16H21F2N3O2. The number of piperazine rings is 1. The van der Waals surface area contributed by atoms with E-state index in [0.29, 0.717) is 19.6 Å². The van der Waals surface area contributed by atoms with Crippen molar-refractivity contribution in [1.82, 2.24) is 15.5 Å². The van der Waals surface area contributed by atoms with Gasteiger partial charge in [-0.05, 0) is 19.1 Å². The first kappa shape index (κ1) is 17.3. The van der Waals surface area contributed by atoms with Crippen molar-refractivity contribution in [2.24, 2.45) is 0 Å². The molecule has 0 spiro atoms. The highest BCUT2D eigenvalue weighted by molar-refractivity contribution is 5.79. The average molecular weight is 325 g/mol. The van der Waals surface area contributed by atoms with Gasteiger partial charge in [-0.25, -0.2) is 8.78 Å². The Morgan fingerprint density at radius 1 is 1.39 bits per heavy atom. The van der Waals surface area contributed by atoms with E-state index in [0.717, 1.165) is 12.1 Å². The van der Waals surface area contributed by atoms with Crippen LogP contribution in [0.1, 0.15) is 31.9 Å². The van der Waals surface area contributed by atoms with E-state index in [9.17, 15) is 18.4 Å². The molecule has 0 saturated carbocycles. The molecule has 0 aliphatic carbocycles. The Balaban J connectivity index is 2.22. The smallest absolute Gasteiger partial charge is 0.225 e. The number of benzene rings is 1.